The van der Waals surface area contributed by atoms with Crippen LogP contribution in [0.4, 0.5) is 5.82 Å². The van der Waals surface area contributed by atoms with Gasteiger partial charge in [0.2, 0.25) is 5.91 Å². The van der Waals surface area contributed by atoms with Crippen molar-refractivity contribution < 1.29 is 9.32 Å². The minimum atomic E-state index is 0.215. The summed E-state index contributed by atoms with van der Waals surface area (Å²) < 4.78 is 5.50. The molecule has 0 radical (unpaired) electrons. The molecular weight excluding hydrogens is 342 g/mol. The molecule has 1 saturated heterocycles. The molecule has 1 aliphatic carbocycles. The quantitative estimate of drug-likeness (QED) is 0.824. The average molecular weight is 369 g/mol. The lowest BCUT2D eigenvalue weighted by Crippen LogP contribution is -2.41. The van der Waals surface area contributed by atoms with Crippen LogP contribution >= 0.6 is 0 Å². The molecule has 0 aromatic carbocycles. The lowest BCUT2D eigenvalue weighted by molar-refractivity contribution is -0.137. The van der Waals surface area contributed by atoms with E-state index in [1.54, 1.807) is 6.20 Å². The molecule has 1 aliphatic heterocycles. The molecule has 2 fully saturated rings. The van der Waals surface area contributed by atoms with Crippen molar-refractivity contribution in [3.8, 4) is 11.5 Å². The predicted octanol–water partition coefficient (Wildman–Crippen LogP) is 3.09. The molecule has 4 rings (SSSR count). The molecule has 0 spiro atoms. The summed E-state index contributed by atoms with van der Waals surface area (Å²) in [6.45, 7) is 7.29. The Bertz CT molecular complexity index is 799. The van der Waals surface area contributed by atoms with Crippen LogP contribution in [-0.4, -0.2) is 52.1 Å². The molecule has 0 N–H and O–H groups in total. The molecule has 0 atom stereocenters. The van der Waals surface area contributed by atoms with Gasteiger partial charge in [-0.05, 0) is 31.4 Å². The van der Waals surface area contributed by atoms with Gasteiger partial charge in [-0.15, -0.1) is 0 Å². The minimum absolute atomic E-state index is 0.215. The normalized spacial score (nSPS) is 18.5. The zero-order valence-electron chi connectivity index (χ0n) is 16.1. The Hall–Kier alpha value is -2.44. The van der Waals surface area contributed by atoms with Crippen molar-refractivity contribution in [1.29, 1.82) is 0 Å². The number of pyridine rings is 1. The van der Waals surface area contributed by atoms with Gasteiger partial charge in [0.15, 0.2) is 5.82 Å². The van der Waals surface area contributed by atoms with Crippen LogP contribution in [0.15, 0.2) is 22.9 Å². The summed E-state index contributed by atoms with van der Waals surface area (Å²) >= 11 is 0. The highest BCUT2D eigenvalue weighted by atomic mass is 16.5. The van der Waals surface area contributed by atoms with Crippen LogP contribution in [0.5, 0.6) is 0 Å². The molecule has 27 heavy (non-hydrogen) atoms. The van der Waals surface area contributed by atoms with E-state index in [0.29, 0.717) is 17.6 Å². The van der Waals surface area contributed by atoms with Crippen molar-refractivity contribution in [2.24, 2.45) is 5.92 Å². The summed E-state index contributed by atoms with van der Waals surface area (Å²) in [5.74, 6) is 2.88. The van der Waals surface area contributed by atoms with Gasteiger partial charge < -0.3 is 14.3 Å². The Morgan fingerprint density at radius 2 is 2.04 bits per heavy atom. The molecule has 3 heterocycles. The maximum absolute atomic E-state index is 12.6. The van der Waals surface area contributed by atoms with Crippen molar-refractivity contribution in [3.63, 3.8) is 0 Å². The first-order chi connectivity index (χ1) is 13.1. The Balaban J connectivity index is 1.52. The monoisotopic (exact) mass is 369 g/mol. The van der Waals surface area contributed by atoms with Crippen molar-refractivity contribution >= 4 is 11.7 Å². The Morgan fingerprint density at radius 1 is 1.19 bits per heavy atom. The molecule has 7 nitrogen and oxygen atoms in total. The van der Waals surface area contributed by atoms with Crippen LogP contribution in [0.3, 0.4) is 0 Å². The number of carbonyl (C=O) groups is 1. The SMILES string of the molecule is CC(C)c1noc(-c2cccnc2N2CCCN(C(=O)C3CCC3)CC2)n1. The maximum atomic E-state index is 12.6. The van der Waals surface area contributed by atoms with Gasteiger partial charge in [0.1, 0.15) is 5.82 Å². The fourth-order valence-corrected chi connectivity index (χ4v) is 3.66. The molecule has 7 heteroatoms. The third kappa shape index (κ3) is 3.68. The first-order valence-electron chi connectivity index (χ1n) is 9.96. The van der Waals surface area contributed by atoms with Crippen molar-refractivity contribution in [3.05, 3.63) is 24.2 Å². The van der Waals surface area contributed by atoms with E-state index in [1.165, 1.54) is 6.42 Å². The first kappa shape index (κ1) is 17.9. The van der Waals surface area contributed by atoms with E-state index >= 15 is 0 Å². The van der Waals surface area contributed by atoms with Gasteiger partial charge >= 0.3 is 0 Å². The van der Waals surface area contributed by atoms with Crippen LogP contribution in [0.1, 0.15) is 51.3 Å². The molecule has 0 unspecified atom stereocenters. The second-order valence-electron chi connectivity index (χ2n) is 7.78. The topological polar surface area (TPSA) is 75.4 Å². The number of hydrogen-bond acceptors (Lipinski definition) is 6. The molecule has 2 aromatic rings. The Morgan fingerprint density at radius 3 is 2.74 bits per heavy atom. The lowest BCUT2D eigenvalue weighted by atomic mass is 9.84. The van der Waals surface area contributed by atoms with Crippen LogP contribution in [0.25, 0.3) is 11.5 Å². The number of rotatable bonds is 4. The highest BCUT2D eigenvalue weighted by molar-refractivity contribution is 5.79. The molecule has 2 aliphatic rings. The van der Waals surface area contributed by atoms with Crippen molar-refractivity contribution in [1.82, 2.24) is 20.0 Å². The molecule has 144 valence electrons. The molecule has 1 saturated carbocycles. The number of aromatic nitrogens is 3. The molecule has 2 aromatic heterocycles. The van der Waals surface area contributed by atoms with E-state index in [-0.39, 0.29) is 11.8 Å². The second kappa shape index (κ2) is 7.66. The van der Waals surface area contributed by atoms with E-state index in [9.17, 15) is 4.79 Å². The summed E-state index contributed by atoms with van der Waals surface area (Å²) in [6, 6.07) is 3.87. The van der Waals surface area contributed by atoms with Gasteiger partial charge in [-0.25, -0.2) is 4.98 Å². The highest BCUT2D eigenvalue weighted by Gasteiger charge is 2.31. The fourth-order valence-electron chi connectivity index (χ4n) is 3.66. The van der Waals surface area contributed by atoms with Gasteiger partial charge in [0.25, 0.3) is 5.89 Å². The van der Waals surface area contributed by atoms with E-state index < -0.39 is 0 Å². The van der Waals surface area contributed by atoms with Crippen LogP contribution in [-0.2, 0) is 4.79 Å². The van der Waals surface area contributed by atoms with Crippen molar-refractivity contribution in [2.75, 3.05) is 31.1 Å². The minimum Gasteiger partial charge on any atom is -0.354 e. The van der Waals surface area contributed by atoms with Gasteiger partial charge in [-0.2, -0.15) is 4.98 Å². The summed E-state index contributed by atoms with van der Waals surface area (Å²) in [5, 5.41) is 4.08. The van der Waals surface area contributed by atoms with E-state index in [4.69, 9.17) is 4.52 Å². The summed E-state index contributed by atoms with van der Waals surface area (Å²) in [7, 11) is 0. The Labute approximate surface area is 159 Å². The summed E-state index contributed by atoms with van der Waals surface area (Å²) in [4.78, 5) is 26.0. The molecule has 1 amide bonds. The van der Waals surface area contributed by atoms with Crippen LogP contribution in [0.2, 0.25) is 0 Å². The van der Waals surface area contributed by atoms with Gasteiger partial charge in [-0.1, -0.05) is 25.4 Å². The van der Waals surface area contributed by atoms with Gasteiger partial charge in [-0.3, -0.25) is 4.79 Å². The number of hydrogen-bond donors (Lipinski definition) is 0. The summed E-state index contributed by atoms with van der Waals surface area (Å²) in [6.07, 6.45) is 6.03. The largest absolute Gasteiger partial charge is 0.354 e. The van der Waals surface area contributed by atoms with E-state index in [2.05, 4.69) is 20.0 Å². The second-order valence-corrected chi connectivity index (χ2v) is 7.78. The standard InChI is InChI=1S/C20H27N5O2/c1-14(2)17-22-19(27-23-17)16-8-4-9-21-18(16)24-10-5-11-25(13-12-24)20(26)15-6-3-7-15/h4,8-9,14-15H,3,5-7,10-13H2,1-2H3. The highest BCUT2D eigenvalue weighted by Crippen LogP contribution is 2.31. The van der Waals surface area contributed by atoms with E-state index in [0.717, 1.165) is 56.8 Å². The third-order valence-electron chi connectivity index (χ3n) is 5.54. The molecule has 0 bridgehead atoms. The van der Waals surface area contributed by atoms with Crippen molar-refractivity contribution in [2.45, 2.75) is 45.4 Å². The lowest BCUT2D eigenvalue weighted by Gasteiger charge is -2.31. The predicted molar refractivity (Wildman–Crippen MR) is 102 cm³/mol. The average Bonchev–Trinajstić information content (AvgIpc) is 2.99. The van der Waals surface area contributed by atoms with Crippen LogP contribution in [0, 0.1) is 5.92 Å². The molecular formula is C20H27N5O2. The number of anilines is 1. The summed E-state index contributed by atoms with van der Waals surface area (Å²) in [5.41, 5.74) is 0.857. The first-order valence-corrected chi connectivity index (χ1v) is 9.96. The van der Waals surface area contributed by atoms with E-state index in [1.807, 2.05) is 30.9 Å². The number of nitrogens with zero attached hydrogens (tertiary/aromatic N) is 5. The van der Waals surface area contributed by atoms with Gasteiger partial charge in [0.05, 0.1) is 5.56 Å². The zero-order chi connectivity index (χ0) is 18.8. The van der Waals surface area contributed by atoms with Crippen LogP contribution < -0.4 is 4.90 Å². The zero-order valence-corrected chi connectivity index (χ0v) is 16.1. The Kier molecular flexibility index (Phi) is 5.09. The number of carbonyl (C=O) groups excluding carboxylic acids is 1. The smallest absolute Gasteiger partial charge is 0.261 e. The van der Waals surface area contributed by atoms with Gasteiger partial charge in [0, 0.05) is 44.2 Å². The number of amides is 1. The fraction of sp³-hybridized carbons (Fsp3) is 0.600. The third-order valence-corrected chi connectivity index (χ3v) is 5.54. The maximum Gasteiger partial charge on any atom is 0.261 e.